The molecule has 4 aromatic rings. The number of rotatable bonds is 6. The summed E-state index contributed by atoms with van der Waals surface area (Å²) in [5, 5.41) is 8.09. The lowest BCUT2D eigenvalue weighted by Gasteiger charge is -2.10. The highest BCUT2D eigenvalue weighted by atomic mass is 16.5. The summed E-state index contributed by atoms with van der Waals surface area (Å²) in [6.07, 6.45) is 0. The molecule has 0 atom stereocenters. The number of aryl methyl sites for hydroxylation is 1. The Labute approximate surface area is 162 Å². The van der Waals surface area contributed by atoms with Gasteiger partial charge in [0.2, 0.25) is 5.89 Å². The molecule has 0 N–H and O–H groups in total. The molecule has 3 aromatic carbocycles. The van der Waals surface area contributed by atoms with E-state index in [1.165, 1.54) is 0 Å². The summed E-state index contributed by atoms with van der Waals surface area (Å²) >= 11 is 0. The molecule has 5 heteroatoms. The Hall–Kier alpha value is -3.73. The first-order valence-electron chi connectivity index (χ1n) is 8.92. The maximum atomic E-state index is 12.9. The van der Waals surface area contributed by atoms with Crippen LogP contribution in [0.25, 0.3) is 11.5 Å². The fraction of sp³-hybridized carbons (Fsp3) is 0.0870. The van der Waals surface area contributed by atoms with Crippen molar-refractivity contribution in [3.05, 3.63) is 101 Å². The predicted molar refractivity (Wildman–Crippen MR) is 105 cm³/mol. The Morgan fingerprint density at radius 1 is 0.929 bits per heavy atom. The van der Waals surface area contributed by atoms with Crippen molar-refractivity contribution in [1.82, 2.24) is 10.2 Å². The summed E-state index contributed by atoms with van der Waals surface area (Å²) in [7, 11) is 0. The Morgan fingerprint density at radius 2 is 1.64 bits per heavy atom. The fourth-order valence-corrected chi connectivity index (χ4v) is 2.84. The molecule has 0 unspecified atom stereocenters. The zero-order chi connectivity index (χ0) is 19.3. The molecule has 0 aliphatic carbocycles. The summed E-state index contributed by atoms with van der Waals surface area (Å²) in [6.45, 7) is 2.02. The monoisotopic (exact) mass is 370 g/mol. The van der Waals surface area contributed by atoms with Crippen molar-refractivity contribution >= 4 is 5.78 Å². The highest BCUT2D eigenvalue weighted by molar-refractivity contribution is 6.10. The van der Waals surface area contributed by atoms with E-state index >= 15 is 0 Å². The first-order valence-corrected chi connectivity index (χ1v) is 8.92. The maximum absolute atomic E-state index is 12.9. The maximum Gasteiger partial charge on any atom is 0.254 e. The van der Waals surface area contributed by atoms with Gasteiger partial charge in [-0.25, -0.2) is 0 Å². The highest BCUT2D eigenvalue weighted by Crippen LogP contribution is 2.25. The van der Waals surface area contributed by atoms with Crippen LogP contribution >= 0.6 is 0 Å². The van der Waals surface area contributed by atoms with E-state index in [-0.39, 0.29) is 12.4 Å². The van der Waals surface area contributed by atoms with Crippen LogP contribution in [0.2, 0.25) is 0 Å². The Bertz CT molecular complexity index is 1090. The van der Waals surface area contributed by atoms with Gasteiger partial charge in [0, 0.05) is 11.1 Å². The summed E-state index contributed by atoms with van der Waals surface area (Å²) in [5.41, 5.74) is 2.95. The number of hydrogen-bond donors (Lipinski definition) is 0. The molecule has 1 heterocycles. The largest absolute Gasteiger partial charge is 0.483 e. The van der Waals surface area contributed by atoms with Crippen molar-refractivity contribution in [2.75, 3.05) is 0 Å². The average Bonchev–Trinajstić information content (AvgIpc) is 3.23. The molecule has 0 saturated heterocycles. The summed E-state index contributed by atoms with van der Waals surface area (Å²) in [4.78, 5) is 12.9. The van der Waals surface area contributed by atoms with Gasteiger partial charge in [-0.1, -0.05) is 60.2 Å². The first kappa shape index (κ1) is 17.7. The smallest absolute Gasteiger partial charge is 0.254 e. The van der Waals surface area contributed by atoms with Crippen LogP contribution < -0.4 is 4.74 Å². The molecular formula is C23H18N2O3. The standard InChI is InChI=1S/C23H18N2O3/c1-16-12-13-20(19(14-16)22(26)17-8-4-2-5-9-17)27-15-21-24-25-23(28-21)18-10-6-3-7-11-18/h2-14H,15H2,1H3. The number of aromatic nitrogens is 2. The second kappa shape index (κ2) is 7.88. The van der Waals surface area contributed by atoms with Crippen LogP contribution in [0.5, 0.6) is 5.75 Å². The van der Waals surface area contributed by atoms with Crippen molar-refractivity contribution in [3.63, 3.8) is 0 Å². The number of nitrogens with zero attached hydrogens (tertiary/aromatic N) is 2. The molecule has 5 nitrogen and oxygen atoms in total. The molecule has 0 amide bonds. The second-order valence-electron chi connectivity index (χ2n) is 6.35. The van der Waals surface area contributed by atoms with E-state index in [0.29, 0.717) is 28.7 Å². The summed E-state index contributed by atoms with van der Waals surface area (Å²) in [6, 6.07) is 24.2. The van der Waals surface area contributed by atoms with Gasteiger partial charge in [-0.15, -0.1) is 10.2 Å². The molecule has 0 spiro atoms. The van der Waals surface area contributed by atoms with Gasteiger partial charge in [0.05, 0.1) is 5.56 Å². The SMILES string of the molecule is Cc1ccc(OCc2nnc(-c3ccccc3)o2)c(C(=O)c2ccccc2)c1. The Balaban J connectivity index is 1.54. The van der Waals surface area contributed by atoms with Crippen molar-refractivity contribution < 1.29 is 13.9 Å². The van der Waals surface area contributed by atoms with Crippen LogP contribution in [0.4, 0.5) is 0 Å². The number of ether oxygens (including phenoxy) is 1. The van der Waals surface area contributed by atoms with Crippen molar-refractivity contribution in [2.24, 2.45) is 0 Å². The lowest BCUT2D eigenvalue weighted by Crippen LogP contribution is -2.06. The second-order valence-corrected chi connectivity index (χ2v) is 6.35. The van der Waals surface area contributed by atoms with Gasteiger partial charge in [-0.3, -0.25) is 4.79 Å². The van der Waals surface area contributed by atoms with Crippen LogP contribution in [0, 0.1) is 6.92 Å². The van der Waals surface area contributed by atoms with Gasteiger partial charge in [0.25, 0.3) is 5.89 Å². The van der Waals surface area contributed by atoms with Crippen LogP contribution in [0.15, 0.2) is 83.3 Å². The van der Waals surface area contributed by atoms with Gasteiger partial charge in [0.15, 0.2) is 12.4 Å². The minimum atomic E-state index is -0.0881. The first-order chi connectivity index (χ1) is 13.7. The molecule has 138 valence electrons. The fourth-order valence-electron chi connectivity index (χ4n) is 2.84. The van der Waals surface area contributed by atoms with Gasteiger partial charge < -0.3 is 9.15 Å². The quantitative estimate of drug-likeness (QED) is 0.454. The zero-order valence-electron chi connectivity index (χ0n) is 15.3. The van der Waals surface area contributed by atoms with E-state index in [1.54, 1.807) is 18.2 Å². The van der Waals surface area contributed by atoms with E-state index < -0.39 is 0 Å². The van der Waals surface area contributed by atoms with Gasteiger partial charge >= 0.3 is 0 Å². The lowest BCUT2D eigenvalue weighted by molar-refractivity contribution is 0.103. The van der Waals surface area contributed by atoms with Gasteiger partial charge in [-0.05, 0) is 31.2 Å². The molecule has 28 heavy (non-hydrogen) atoms. The predicted octanol–water partition coefficient (Wildman–Crippen LogP) is 4.86. The average molecular weight is 370 g/mol. The minimum absolute atomic E-state index is 0.0813. The Morgan fingerprint density at radius 3 is 2.39 bits per heavy atom. The molecule has 0 radical (unpaired) electrons. The third-order valence-electron chi connectivity index (χ3n) is 4.25. The van der Waals surface area contributed by atoms with Gasteiger partial charge in [0.1, 0.15) is 5.75 Å². The summed E-state index contributed by atoms with van der Waals surface area (Å²) in [5.74, 6) is 1.18. The zero-order valence-corrected chi connectivity index (χ0v) is 15.3. The molecule has 0 bridgehead atoms. The molecule has 1 aromatic heterocycles. The molecular weight excluding hydrogens is 352 g/mol. The van der Waals surface area contributed by atoms with E-state index in [9.17, 15) is 4.79 Å². The number of carbonyl (C=O) groups excluding carboxylic acids is 1. The van der Waals surface area contributed by atoms with E-state index in [1.807, 2.05) is 67.6 Å². The molecule has 0 saturated carbocycles. The Kier molecular flexibility index (Phi) is 4.97. The van der Waals surface area contributed by atoms with Crippen LogP contribution in [-0.4, -0.2) is 16.0 Å². The number of hydrogen-bond acceptors (Lipinski definition) is 5. The molecule has 0 aliphatic heterocycles. The highest BCUT2D eigenvalue weighted by Gasteiger charge is 2.16. The van der Waals surface area contributed by atoms with Crippen LogP contribution in [0.3, 0.4) is 0 Å². The van der Waals surface area contributed by atoms with Crippen molar-refractivity contribution in [3.8, 4) is 17.2 Å². The molecule has 0 aliphatic rings. The molecule has 4 rings (SSSR count). The van der Waals surface area contributed by atoms with Crippen LogP contribution in [0.1, 0.15) is 27.4 Å². The topological polar surface area (TPSA) is 65.2 Å². The minimum Gasteiger partial charge on any atom is -0.483 e. The number of ketones is 1. The van der Waals surface area contributed by atoms with Crippen LogP contribution in [-0.2, 0) is 6.61 Å². The van der Waals surface area contributed by atoms with E-state index in [0.717, 1.165) is 11.1 Å². The third-order valence-corrected chi connectivity index (χ3v) is 4.25. The normalized spacial score (nSPS) is 10.6. The number of carbonyl (C=O) groups is 1. The lowest BCUT2D eigenvalue weighted by atomic mass is 10.0. The third kappa shape index (κ3) is 3.83. The van der Waals surface area contributed by atoms with E-state index in [2.05, 4.69) is 10.2 Å². The van der Waals surface area contributed by atoms with Crippen molar-refractivity contribution in [1.29, 1.82) is 0 Å². The summed E-state index contributed by atoms with van der Waals surface area (Å²) < 4.78 is 11.5. The number of benzene rings is 3. The molecule has 0 fully saturated rings. The van der Waals surface area contributed by atoms with Gasteiger partial charge in [-0.2, -0.15) is 0 Å². The van der Waals surface area contributed by atoms with E-state index in [4.69, 9.17) is 9.15 Å². The van der Waals surface area contributed by atoms with Crippen molar-refractivity contribution in [2.45, 2.75) is 13.5 Å².